The molecule has 1 atom stereocenters. The van der Waals surface area contributed by atoms with Gasteiger partial charge in [-0.3, -0.25) is 0 Å². The SMILES string of the molecule is CC(NCc1ncc[nH]1)c1ccccc1F. The molecule has 16 heavy (non-hydrogen) atoms. The average molecular weight is 219 g/mol. The van der Waals surface area contributed by atoms with Crippen molar-refractivity contribution in [1.82, 2.24) is 15.3 Å². The minimum atomic E-state index is -0.179. The Hall–Kier alpha value is -1.68. The maximum Gasteiger partial charge on any atom is 0.127 e. The molecular weight excluding hydrogens is 205 g/mol. The second kappa shape index (κ2) is 4.90. The van der Waals surface area contributed by atoms with Crippen molar-refractivity contribution in [1.29, 1.82) is 0 Å². The van der Waals surface area contributed by atoms with Gasteiger partial charge in [0.2, 0.25) is 0 Å². The van der Waals surface area contributed by atoms with Crippen LogP contribution in [0.25, 0.3) is 0 Å². The van der Waals surface area contributed by atoms with Gasteiger partial charge in [0.25, 0.3) is 0 Å². The van der Waals surface area contributed by atoms with Crippen molar-refractivity contribution < 1.29 is 4.39 Å². The number of H-pyrrole nitrogens is 1. The molecule has 4 heteroatoms. The molecular formula is C12H14FN3. The number of aromatic amines is 1. The topological polar surface area (TPSA) is 40.7 Å². The van der Waals surface area contributed by atoms with Gasteiger partial charge in [0, 0.05) is 24.0 Å². The molecule has 1 unspecified atom stereocenters. The quantitative estimate of drug-likeness (QED) is 0.829. The molecule has 2 rings (SSSR count). The van der Waals surface area contributed by atoms with Gasteiger partial charge >= 0.3 is 0 Å². The lowest BCUT2D eigenvalue weighted by atomic mass is 10.1. The Labute approximate surface area is 93.7 Å². The van der Waals surface area contributed by atoms with Gasteiger partial charge in [-0.1, -0.05) is 18.2 Å². The van der Waals surface area contributed by atoms with Gasteiger partial charge in [-0.15, -0.1) is 0 Å². The van der Waals surface area contributed by atoms with Crippen LogP contribution >= 0.6 is 0 Å². The second-order valence-corrected chi connectivity index (χ2v) is 3.66. The van der Waals surface area contributed by atoms with Gasteiger partial charge in [0.1, 0.15) is 11.6 Å². The molecule has 3 nitrogen and oxygen atoms in total. The Morgan fingerprint density at radius 1 is 1.44 bits per heavy atom. The van der Waals surface area contributed by atoms with Crippen LogP contribution < -0.4 is 5.32 Å². The third-order valence-corrected chi connectivity index (χ3v) is 2.50. The molecule has 84 valence electrons. The molecule has 0 spiro atoms. The van der Waals surface area contributed by atoms with Crippen LogP contribution in [0.2, 0.25) is 0 Å². The van der Waals surface area contributed by atoms with E-state index in [1.807, 2.05) is 13.0 Å². The van der Waals surface area contributed by atoms with Crippen molar-refractivity contribution in [2.24, 2.45) is 0 Å². The summed E-state index contributed by atoms with van der Waals surface area (Å²) in [5.74, 6) is 0.671. The highest BCUT2D eigenvalue weighted by Gasteiger charge is 2.09. The summed E-state index contributed by atoms with van der Waals surface area (Å²) in [5.41, 5.74) is 0.675. The largest absolute Gasteiger partial charge is 0.348 e. The van der Waals surface area contributed by atoms with Crippen molar-refractivity contribution in [3.8, 4) is 0 Å². The van der Waals surface area contributed by atoms with Crippen molar-refractivity contribution in [2.45, 2.75) is 19.5 Å². The molecule has 0 aliphatic rings. The number of aromatic nitrogens is 2. The fourth-order valence-electron chi connectivity index (χ4n) is 1.58. The molecule has 0 saturated carbocycles. The number of imidazole rings is 1. The summed E-state index contributed by atoms with van der Waals surface area (Å²) in [4.78, 5) is 7.08. The number of hydrogen-bond donors (Lipinski definition) is 2. The molecule has 1 aromatic heterocycles. The standard InChI is InChI=1S/C12H14FN3/c1-9(10-4-2-3-5-11(10)13)16-8-12-14-6-7-15-12/h2-7,9,16H,8H2,1H3,(H,14,15). The Balaban J connectivity index is 1.98. The third-order valence-electron chi connectivity index (χ3n) is 2.50. The summed E-state index contributed by atoms with van der Waals surface area (Å²) in [6.07, 6.45) is 3.47. The minimum absolute atomic E-state index is 0.0358. The number of benzene rings is 1. The number of halogens is 1. The van der Waals surface area contributed by atoms with Gasteiger partial charge in [0.05, 0.1) is 6.54 Å². The van der Waals surface area contributed by atoms with Crippen molar-refractivity contribution >= 4 is 0 Å². The van der Waals surface area contributed by atoms with Gasteiger partial charge in [-0.25, -0.2) is 9.37 Å². The lowest BCUT2D eigenvalue weighted by molar-refractivity contribution is 0.521. The number of hydrogen-bond acceptors (Lipinski definition) is 2. The fourth-order valence-corrected chi connectivity index (χ4v) is 1.58. The zero-order chi connectivity index (χ0) is 11.4. The van der Waals surface area contributed by atoms with E-state index in [4.69, 9.17) is 0 Å². The van der Waals surface area contributed by atoms with Crippen molar-refractivity contribution in [3.05, 3.63) is 53.9 Å². The zero-order valence-corrected chi connectivity index (χ0v) is 9.07. The first-order valence-electron chi connectivity index (χ1n) is 5.23. The van der Waals surface area contributed by atoms with E-state index < -0.39 is 0 Å². The molecule has 0 fully saturated rings. The first-order chi connectivity index (χ1) is 7.77. The van der Waals surface area contributed by atoms with Crippen LogP contribution in [0.1, 0.15) is 24.4 Å². The monoisotopic (exact) mass is 219 g/mol. The Kier molecular flexibility index (Phi) is 3.31. The summed E-state index contributed by atoms with van der Waals surface area (Å²) in [6.45, 7) is 2.53. The highest BCUT2D eigenvalue weighted by atomic mass is 19.1. The van der Waals surface area contributed by atoms with E-state index in [-0.39, 0.29) is 11.9 Å². The summed E-state index contributed by atoms with van der Waals surface area (Å²) in [7, 11) is 0. The second-order valence-electron chi connectivity index (χ2n) is 3.66. The summed E-state index contributed by atoms with van der Waals surface area (Å²) in [5, 5.41) is 3.21. The number of nitrogens with one attached hydrogen (secondary N) is 2. The molecule has 0 saturated heterocycles. The zero-order valence-electron chi connectivity index (χ0n) is 9.07. The van der Waals surface area contributed by atoms with Crippen LogP contribution in [0.4, 0.5) is 4.39 Å². The normalized spacial score (nSPS) is 12.6. The highest BCUT2D eigenvalue weighted by molar-refractivity contribution is 5.20. The Morgan fingerprint density at radius 3 is 2.94 bits per heavy atom. The predicted molar refractivity (Wildman–Crippen MR) is 60.2 cm³/mol. The van der Waals surface area contributed by atoms with Crippen LogP contribution in [0.3, 0.4) is 0 Å². The number of nitrogens with zero attached hydrogens (tertiary/aromatic N) is 1. The Bertz CT molecular complexity index is 439. The molecule has 0 amide bonds. The van der Waals surface area contributed by atoms with E-state index in [0.717, 1.165) is 5.82 Å². The molecule has 1 heterocycles. The summed E-state index contributed by atoms with van der Waals surface area (Å²) >= 11 is 0. The first kappa shape index (κ1) is 10.8. The fraction of sp³-hybridized carbons (Fsp3) is 0.250. The van der Waals surface area contributed by atoms with E-state index >= 15 is 0 Å². The van der Waals surface area contributed by atoms with E-state index in [1.165, 1.54) is 6.07 Å². The van der Waals surface area contributed by atoms with Gasteiger partial charge in [-0.2, -0.15) is 0 Å². The van der Waals surface area contributed by atoms with E-state index in [1.54, 1.807) is 24.5 Å². The van der Waals surface area contributed by atoms with Gasteiger partial charge < -0.3 is 10.3 Å². The van der Waals surface area contributed by atoms with E-state index in [2.05, 4.69) is 15.3 Å². The molecule has 0 aliphatic heterocycles. The molecule has 0 aliphatic carbocycles. The molecule has 2 aromatic rings. The molecule has 0 bridgehead atoms. The average Bonchev–Trinajstić information content (AvgIpc) is 2.79. The Morgan fingerprint density at radius 2 is 2.25 bits per heavy atom. The lowest BCUT2D eigenvalue weighted by Gasteiger charge is -2.13. The van der Waals surface area contributed by atoms with Crippen molar-refractivity contribution in [2.75, 3.05) is 0 Å². The maximum atomic E-state index is 13.4. The molecule has 1 aromatic carbocycles. The first-order valence-corrected chi connectivity index (χ1v) is 5.23. The lowest BCUT2D eigenvalue weighted by Crippen LogP contribution is -2.19. The van der Waals surface area contributed by atoms with Crippen LogP contribution in [0.15, 0.2) is 36.7 Å². The van der Waals surface area contributed by atoms with E-state index in [0.29, 0.717) is 12.1 Å². The van der Waals surface area contributed by atoms with Crippen LogP contribution in [0.5, 0.6) is 0 Å². The minimum Gasteiger partial charge on any atom is -0.348 e. The summed E-state index contributed by atoms with van der Waals surface area (Å²) < 4.78 is 13.4. The van der Waals surface area contributed by atoms with Gasteiger partial charge in [0.15, 0.2) is 0 Å². The van der Waals surface area contributed by atoms with Crippen molar-refractivity contribution in [3.63, 3.8) is 0 Å². The predicted octanol–water partition coefficient (Wildman–Crippen LogP) is 2.40. The smallest absolute Gasteiger partial charge is 0.127 e. The van der Waals surface area contributed by atoms with Gasteiger partial charge in [-0.05, 0) is 13.0 Å². The van der Waals surface area contributed by atoms with E-state index in [9.17, 15) is 4.39 Å². The van der Waals surface area contributed by atoms with Crippen LogP contribution in [-0.4, -0.2) is 9.97 Å². The number of rotatable bonds is 4. The van der Waals surface area contributed by atoms with Crippen LogP contribution in [-0.2, 0) is 6.54 Å². The van der Waals surface area contributed by atoms with Crippen LogP contribution in [0, 0.1) is 5.82 Å². The third kappa shape index (κ3) is 2.46. The summed E-state index contributed by atoms with van der Waals surface area (Å²) in [6, 6.07) is 6.75. The maximum absolute atomic E-state index is 13.4. The molecule has 2 N–H and O–H groups in total. The highest BCUT2D eigenvalue weighted by Crippen LogP contribution is 2.16. The molecule has 0 radical (unpaired) electrons.